The molecule has 0 amide bonds. The fourth-order valence-corrected chi connectivity index (χ4v) is 93.4. The zero-order chi connectivity index (χ0) is 54.0. The second-order valence-electron chi connectivity index (χ2n) is 24.8. The van der Waals surface area contributed by atoms with E-state index in [0.29, 0.717) is 0 Å². The molecule has 0 N–H and O–H groups in total. The summed E-state index contributed by atoms with van der Waals surface area (Å²) in [6, 6.07) is 0. The second kappa shape index (κ2) is 24.2. The fraction of sp³-hybridized carbons (Fsp3) is 1.00. The Balaban J connectivity index is 5.72. The fourth-order valence-electron chi connectivity index (χ4n) is 9.74. The van der Waals surface area contributed by atoms with E-state index in [2.05, 4.69) is 223 Å². The Morgan fingerprint density at radius 1 is 0.149 bits per heavy atom. The van der Waals surface area contributed by atoms with Crippen LogP contribution in [0.1, 0.15) is 0 Å². The Labute approximate surface area is 431 Å². The van der Waals surface area contributed by atoms with Crippen LogP contribution < -0.4 is 0 Å². The molecule has 0 aliphatic heterocycles. The first kappa shape index (κ1) is 70.0. The van der Waals surface area contributed by atoms with Gasteiger partial charge >= 0.3 is 128 Å². The molecule has 404 valence electrons. The number of hydrogen-bond donors (Lipinski definition) is 0. The minimum atomic E-state index is -2.81. The van der Waals surface area contributed by atoms with Crippen molar-refractivity contribution in [3.8, 4) is 0 Å². The lowest BCUT2D eigenvalue weighted by molar-refractivity contribution is 0.250. The largest absolute Gasteiger partial charge is 0.440 e. The standard InChI is InChI=1S/C34H104O16Si17/c1-51(2)35-53(5,6)37-55(9,10)39-57(13,14)41-59(17,18)43-61(21,22)45-63(25,26)47-65(29,30)49-67(33,34)50-66(31,32)48-64(27,28)46-62(23,24)44-60(19,20)42-58(15,16)40-56(11,12)38-54(7,8)36-52(3)4/h51-52H,1-34H3. The topological polar surface area (TPSA) is 148 Å². The first-order valence-corrected chi connectivity index (χ1v) is 71.7. The maximum atomic E-state index is 6.89. The molecule has 0 fully saturated rings. The molecule has 0 radical (unpaired) electrons. The molecule has 0 aromatic carbocycles. The minimum absolute atomic E-state index is 1.25. The maximum Gasteiger partial charge on any atom is 0.314 e. The Morgan fingerprint density at radius 3 is 0.299 bits per heavy atom. The van der Waals surface area contributed by atoms with Gasteiger partial charge in [0.2, 0.25) is 0 Å². The smallest absolute Gasteiger partial charge is 0.314 e. The van der Waals surface area contributed by atoms with E-state index in [1.165, 1.54) is 0 Å². The first-order chi connectivity index (χ1) is 28.7. The third-order valence-corrected chi connectivity index (χ3v) is 71.3. The Kier molecular flexibility index (Phi) is 25.3. The van der Waals surface area contributed by atoms with Crippen molar-refractivity contribution in [2.75, 3.05) is 0 Å². The van der Waals surface area contributed by atoms with Crippen LogP contribution >= 0.6 is 0 Å². The molecule has 0 aliphatic carbocycles. The van der Waals surface area contributed by atoms with Gasteiger partial charge < -0.3 is 65.8 Å². The van der Waals surface area contributed by atoms with Crippen molar-refractivity contribution in [2.45, 2.75) is 223 Å². The van der Waals surface area contributed by atoms with Crippen LogP contribution in [0.2, 0.25) is 223 Å². The van der Waals surface area contributed by atoms with Crippen LogP contribution in [0.3, 0.4) is 0 Å². The van der Waals surface area contributed by atoms with Crippen LogP contribution in [0, 0.1) is 0 Å². The van der Waals surface area contributed by atoms with Crippen LogP contribution in [-0.2, 0) is 65.8 Å². The minimum Gasteiger partial charge on any atom is -0.440 e. The van der Waals surface area contributed by atoms with Crippen molar-refractivity contribution in [1.29, 1.82) is 0 Å². The van der Waals surface area contributed by atoms with Gasteiger partial charge in [0.05, 0.1) is 0 Å². The van der Waals surface area contributed by atoms with E-state index < -0.39 is 146 Å². The van der Waals surface area contributed by atoms with E-state index in [1.54, 1.807) is 0 Å². The van der Waals surface area contributed by atoms with Crippen molar-refractivity contribution < 1.29 is 65.8 Å². The van der Waals surface area contributed by atoms with Crippen molar-refractivity contribution in [3.05, 3.63) is 0 Å². The van der Waals surface area contributed by atoms with Gasteiger partial charge in [0, 0.05) is 0 Å². The first-order valence-electron chi connectivity index (χ1n) is 23.9. The summed E-state index contributed by atoms with van der Waals surface area (Å²) in [5, 5.41) is 0. The molecule has 0 spiro atoms. The maximum absolute atomic E-state index is 6.89. The summed E-state index contributed by atoms with van der Waals surface area (Å²) in [7, 11) is -42.6. The van der Waals surface area contributed by atoms with Crippen LogP contribution in [0.4, 0.5) is 0 Å². The van der Waals surface area contributed by atoms with Gasteiger partial charge in [-0.15, -0.1) is 0 Å². The summed E-state index contributed by atoms with van der Waals surface area (Å²) < 4.78 is 108. The van der Waals surface area contributed by atoms with Gasteiger partial charge in [-0.05, 0) is 223 Å². The number of hydrogen-bond acceptors (Lipinski definition) is 16. The molecule has 16 nitrogen and oxygen atoms in total. The van der Waals surface area contributed by atoms with E-state index in [1.807, 2.05) is 0 Å². The third kappa shape index (κ3) is 33.0. The molecule has 0 saturated heterocycles. The highest BCUT2D eigenvalue weighted by Gasteiger charge is 2.53. The van der Waals surface area contributed by atoms with Gasteiger partial charge in [0.25, 0.3) is 0 Å². The predicted octanol–water partition coefficient (Wildman–Crippen LogP) is 11.7. The zero-order valence-corrected chi connectivity index (χ0v) is 66.5. The van der Waals surface area contributed by atoms with E-state index in [-0.39, 0.29) is 0 Å². The van der Waals surface area contributed by atoms with Crippen LogP contribution in [0.25, 0.3) is 0 Å². The van der Waals surface area contributed by atoms with E-state index in [0.717, 1.165) is 0 Å². The molecule has 0 aromatic rings. The highest BCUT2D eigenvalue weighted by Crippen LogP contribution is 2.33. The second-order valence-corrected chi connectivity index (χ2v) is 84.3. The summed E-state index contributed by atoms with van der Waals surface area (Å²) >= 11 is 0. The third-order valence-electron chi connectivity index (χ3n) is 7.92. The monoisotopic (exact) mass is 1240 g/mol. The van der Waals surface area contributed by atoms with Crippen LogP contribution in [0.15, 0.2) is 0 Å². The van der Waals surface area contributed by atoms with Gasteiger partial charge in [0.1, 0.15) is 0 Å². The lowest BCUT2D eigenvalue weighted by Crippen LogP contribution is -2.63. The van der Waals surface area contributed by atoms with E-state index in [4.69, 9.17) is 65.8 Å². The predicted molar refractivity (Wildman–Crippen MR) is 317 cm³/mol. The summed E-state index contributed by atoms with van der Waals surface area (Å²) in [6.07, 6.45) is 0. The highest BCUT2D eigenvalue weighted by atomic mass is 28.5. The average Bonchev–Trinajstić information content (AvgIpc) is 2.79. The van der Waals surface area contributed by atoms with Gasteiger partial charge in [-0.3, -0.25) is 0 Å². The van der Waals surface area contributed by atoms with Gasteiger partial charge in [-0.1, -0.05) is 0 Å². The van der Waals surface area contributed by atoms with Crippen molar-refractivity contribution in [1.82, 2.24) is 0 Å². The molecule has 0 unspecified atom stereocenters. The Hall–Kier alpha value is 3.05. The molecule has 0 rings (SSSR count). The Morgan fingerprint density at radius 2 is 0.224 bits per heavy atom. The van der Waals surface area contributed by atoms with Crippen molar-refractivity contribution >= 4 is 146 Å². The Bertz CT molecular complexity index is 1450. The molecule has 0 heterocycles. The summed E-state index contributed by atoms with van der Waals surface area (Å²) in [4.78, 5) is 0. The molecule has 0 aromatic heterocycles. The molecule has 0 atom stereocenters. The lowest BCUT2D eigenvalue weighted by Gasteiger charge is -2.45. The molecular weight excluding hydrogens is 1140 g/mol. The SMILES string of the molecule is C[SiH](C)O[Si](C)(C)O[Si](C)(C)O[Si](C)(C)O[Si](C)(C)O[Si](C)(C)O[Si](C)(C)O[Si](C)(C)O[Si](C)(C)O[Si](C)(C)O[Si](C)(C)O[Si](C)(C)O[Si](C)(C)O[Si](C)(C)O[Si](C)(C)O[Si](C)(C)O[SiH](C)C. The van der Waals surface area contributed by atoms with Gasteiger partial charge in [0.15, 0.2) is 18.1 Å². The van der Waals surface area contributed by atoms with Gasteiger partial charge in [-0.2, -0.15) is 0 Å². The summed E-state index contributed by atoms with van der Waals surface area (Å²) in [6.45, 7) is 70.8. The number of rotatable bonds is 32. The lowest BCUT2D eigenvalue weighted by atomic mass is 11.9. The van der Waals surface area contributed by atoms with E-state index in [9.17, 15) is 0 Å². The zero-order valence-electron chi connectivity index (χ0n) is 49.2. The highest BCUT2D eigenvalue weighted by molar-refractivity contribution is 6.95. The normalized spacial score (nSPS) is 15.9. The molecule has 33 heteroatoms. The molecular formula is C34H104O16Si17. The van der Waals surface area contributed by atoms with Gasteiger partial charge in [-0.25, -0.2) is 0 Å². The van der Waals surface area contributed by atoms with E-state index >= 15 is 0 Å². The molecule has 0 aliphatic rings. The molecule has 67 heavy (non-hydrogen) atoms. The average molecular weight is 1250 g/mol. The summed E-state index contributed by atoms with van der Waals surface area (Å²) in [5.41, 5.74) is 0. The van der Waals surface area contributed by atoms with Crippen molar-refractivity contribution in [2.24, 2.45) is 0 Å². The quantitative estimate of drug-likeness (QED) is 0.0588. The summed E-state index contributed by atoms with van der Waals surface area (Å²) in [5.74, 6) is 0. The van der Waals surface area contributed by atoms with Crippen molar-refractivity contribution in [3.63, 3.8) is 0 Å². The van der Waals surface area contributed by atoms with Crippen LogP contribution in [-0.4, -0.2) is 146 Å². The van der Waals surface area contributed by atoms with Crippen LogP contribution in [0.5, 0.6) is 0 Å². The molecule has 0 saturated carbocycles. The molecule has 0 bridgehead atoms.